The van der Waals surface area contributed by atoms with E-state index in [-0.39, 0.29) is 11.8 Å². The van der Waals surface area contributed by atoms with Crippen LogP contribution in [0.5, 0.6) is 0 Å². The monoisotopic (exact) mass is 223 g/mol. The summed E-state index contributed by atoms with van der Waals surface area (Å²) in [6.07, 6.45) is 0. The highest BCUT2D eigenvalue weighted by atomic mass is 32.2. The average molecular weight is 223 g/mol. The minimum atomic E-state index is 0.109. The lowest BCUT2D eigenvalue weighted by Crippen LogP contribution is -2.21. The summed E-state index contributed by atoms with van der Waals surface area (Å²) in [6.45, 7) is 6.01. The highest BCUT2D eigenvalue weighted by molar-refractivity contribution is 7.99. The van der Waals surface area contributed by atoms with E-state index in [1.54, 1.807) is 11.8 Å². The van der Waals surface area contributed by atoms with Crippen LogP contribution in [0, 0.1) is 25.2 Å². The Hall–Kier alpha value is -1.03. The van der Waals surface area contributed by atoms with Crippen molar-refractivity contribution in [1.82, 2.24) is 4.98 Å². The Morgan fingerprint density at radius 3 is 2.73 bits per heavy atom. The predicted octanol–water partition coefficient (Wildman–Crippen LogP) is 2.36. The molecule has 82 valence electrons. The Morgan fingerprint density at radius 1 is 1.53 bits per heavy atom. The van der Waals surface area contributed by atoms with E-state index >= 15 is 0 Å². The molecule has 0 aliphatic heterocycles. The molecule has 0 aliphatic rings. The standard InChI is InChI=1S/C11H17N3S/c1-7-4-9(3)14-10(5-7)15-6-8(2)11(12)13/h4-5,8H,6H2,1-3H3,(H3,12,13). The van der Waals surface area contributed by atoms with Crippen LogP contribution in [0.1, 0.15) is 18.2 Å². The van der Waals surface area contributed by atoms with Gasteiger partial charge in [0.05, 0.1) is 10.9 Å². The van der Waals surface area contributed by atoms with Crippen LogP contribution >= 0.6 is 11.8 Å². The summed E-state index contributed by atoms with van der Waals surface area (Å²) in [4.78, 5) is 4.42. The fourth-order valence-corrected chi connectivity index (χ4v) is 2.26. The summed E-state index contributed by atoms with van der Waals surface area (Å²) >= 11 is 1.65. The molecule has 1 aromatic heterocycles. The quantitative estimate of drug-likeness (QED) is 0.468. The molecule has 0 fully saturated rings. The number of thioether (sulfide) groups is 1. The van der Waals surface area contributed by atoms with Crippen molar-refractivity contribution in [3.8, 4) is 0 Å². The van der Waals surface area contributed by atoms with E-state index in [2.05, 4.69) is 24.0 Å². The fourth-order valence-electron chi connectivity index (χ4n) is 1.18. The number of nitrogens with one attached hydrogen (secondary N) is 1. The Bertz CT molecular complexity index is 343. The van der Waals surface area contributed by atoms with Crippen LogP contribution in [0.3, 0.4) is 0 Å². The second kappa shape index (κ2) is 5.16. The number of amidine groups is 1. The average Bonchev–Trinajstić information content (AvgIpc) is 2.12. The fraction of sp³-hybridized carbons (Fsp3) is 0.455. The van der Waals surface area contributed by atoms with Gasteiger partial charge in [-0.05, 0) is 31.5 Å². The van der Waals surface area contributed by atoms with Crippen LogP contribution in [-0.2, 0) is 0 Å². The van der Waals surface area contributed by atoms with Crippen molar-refractivity contribution in [2.75, 3.05) is 5.75 Å². The maximum absolute atomic E-state index is 7.29. The van der Waals surface area contributed by atoms with Gasteiger partial charge in [0.1, 0.15) is 0 Å². The van der Waals surface area contributed by atoms with Crippen molar-refractivity contribution in [2.24, 2.45) is 11.7 Å². The van der Waals surface area contributed by atoms with Crippen LogP contribution < -0.4 is 5.73 Å². The van der Waals surface area contributed by atoms with E-state index in [1.165, 1.54) is 5.56 Å². The molecule has 0 saturated heterocycles. The van der Waals surface area contributed by atoms with Crippen LogP contribution in [0.15, 0.2) is 17.2 Å². The summed E-state index contributed by atoms with van der Waals surface area (Å²) in [5.41, 5.74) is 7.67. The maximum Gasteiger partial charge on any atom is 0.0965 e. The highest BCUT2D eigenvalue weighted by Crippen LogP contribution is 2.20. The molecule has 0 aromatic carbocycles. The van der Waals surface area contributed by atoms with Crippen molar-refractivity contribution in [3.05, 3.63) is 23.4 Å². The van der Waals surface area contributed by atoms with Gasteiger partial charge in [-0.3, -0.25) is 5.41 Å². The summed E-state index contributed by atoms with van der Waals surface area (Å²) in [7, 11) is 0. The van der Waals surface area contributed by atoms with Gasteiger partial charge in [0, 0.05) is 17.4 Å². The molecule has 1 aromatic rings. The summed E-state index contributed by atoms with van der Waals surface area (Å²) in [5, 5.41) is 8.31. The van der Waals surface area contributed by atoms with Gasteiger partial charge in [-0.2, -0.15) is 0 Å². The number of nitrogens with zero attached hydrogens (tertiary/aromatic N) is 1. The molecule has 0 bridgehead atoms. The first kappa shape index (κ1) is 12.0. The molecule has 1 rings (SSSR count). The molecule has 0 saturated carbocycles. The SMILES string of the molecule is Cc1cc(C)nc(SCC(C)C(=N)N)c1. The second-order valence-electron chi connectivity index (χ2n) is 3.79. The third-order valence-corrected chi connectivity index (χ3v) is 3.26. The normalized spacial score (nSPS) is 12.5. The smallest absolute Gasteiger partial charge is 0.0965 e. The van der Waals surface area contributed by atoms with E-state index in [4.69, 9.17) is 11.1 Å². The zero-order valence-corrected chi connectivity index (χ0v) is 10.2. The lowest BCUT2D eigenvalue weighted by atomic mass is 10.2. The van der Waals surface area contributed by atoms with Gasteiger partial charge < -0.3 is 5.73 Å². The zero-order chi connectivity index (χ0) is 11.4. The first-order valence-electron chi connectivity index (χ1n) is 4.91. The van der Waals surface area contributed by atoms with Gasteiger partial charge in [0.25, 0.3) is 0 Å². The largest absolute Gasteiger partial charge is 0.387 e. The van der Waals surface area contributed by atoms with E-state index in [0.717, 1.165) is 16.5 Å². The third kappa shape index (κ3) is 3.91. The Kier molecular flexibility index (Phi) is 4.15. The summed E-state index contributed by atoms with van der Waals surface area (Å²) in [5.74, 6) is 1.16. The molecule has 1 heterocycles. The molecule has 0 amide bonds. The summed E-state index contributed by atoms with van der Waals surface area (Å²) in [6, 6.07) is 4.11. The molecule has 0 aliphatic carbocycles. The van der Waals surface area contributed by atoms with E-state index < -0.39 is 0 Å². The summed E-state index contributed by atoms with van der Waals surface area (Å²) < 4.78 is 0. The van der Waals surface area contributed by atoms with Crippen LogP contribution in [0.2, 0.25) is 0 Å². The van der Waals surface area contributed by atoms with Crippen LogP contribution in [0.25, 0.3) is 0 Å². The predicted molar refractivity (Wildman–Crippen MR) is 65.5 cm³/mol. The molecule has 15 heavy (non-hydrogen) atoms. The first-order chi connectivity index (χ1) is 6.99. The number of nitrogens with two attached hydrogens (primary N) is 1. The number of rotatable bonds is 4. The Balaban J connectivity index is 2.61. The van der Waals surface area contributed by atoms with Crippen molar-refractivity contribution < 1.29 is 0 Å². The van der Waals surface area contributed by atoms with Gasteiger partial charge in [-0.25, -0.2) is 4.98 Å². The lowest BCUT2D eigenvalue weighted by Gasteiger charge is -2.09. The number of aromatic nitrogens is 1. The number of pyridine rings is 1. The molecule has 4 heteroatoms. The second-order valence-corrected chi connectivity index (χ2v) is 4.83. The molecule has 0 radical (unpaired) electrons. The topological polar surface area (TPSA) is 62.8 Å². The van der Waals surface area contributed by atoms with E-state index in [1.807, 2.05) is 13.8 Å². The van der Waals surface area contributed by atoms with Gasteiger partial charge in [-0.15, -0.1) is 11.8 Å². The van der Waals surface area contributed by atoms with Crippen LogP contribution in [0.4, 0.5) is 0 Å². The minimum absolute atomic E-state index is 0.109. The van der Waals surface area contributed by atoms with Crippen LogP contribution in [-0.4, -0.2) is 16.6 Å². The number of aryl methyl sites for hydroxylation is 2. The molecule has 0 spiro atoms. The van der Waals surface area contributed by atoms with Gasteiger partial charge in [0.2, 0.25) is 0 Å². The third-order valence-electron chi connectivity index (χ3n) is 2.09. The molecule has 3 N–H and O–H groups in total. The Morgan fingerprint density at radius 2 is 2.20 bits per heavy atom. The van der Waals surface area contributed by atoms with Gasteiger partial charge in [-0.1, -0.05) is 6.92 Å². The van der Waals surface area contributed by atoms with E-state index in [0.29, 0.717) is 0 Å². The van der Waals surface area contributed by atoms with Crippen molar-refractivity contribution in [2.45, 2.75) is 25.8 Å². The van der Waals surface area contributed by atoms with Crippen molar-refractivity contribution in [3.63, 3.8) is 0 Å². The molecular formula is C11H17N3S. The highest BCUT2D eigenvalue weighted by Gasteiger charge is 2.06. The minimum Gasteiger partial charge on any atom is -0.387 e. The molecular weight excluding hydrogens is 206 g/mol. The number of hydrogen-bond donors (Lipinski definition) is 2. The van der Waals surface area contributed by atoms with E-state index in [9.17, 15) is 0 Å². The molecule has 1 unspecified atom stereocenters. The number of hydrogen-bond acceptors (Lipinski definition) is 3. The zero-order valence-electron chi connectivity index (χ0n) is 9.37. The molecule has 1 atom stereocenters. The molecule has 3 nitrogen and oxygen atoms in total. The lowest BCUT2D eigenvalue weighted by molar-refractivity contribution is 0.876. The van der Waals surface area contributed by atoms with Crippen molar-refractivity contribution in [1.29, 1.82) is 5.41 Å². The maximum atomic E-state index is 7.29. The van der Waals surface area contributed by atoms with Crippen molar-refractivity contribution >= 4 is 17.6 Å². The van der Waals surface area contributed by atoms with Gasteiger partial charge >= 0.3 is 0 Å². The first-order valence-corrected chi connectivity index (χ1v) is 5.89. The van der Waals surface area contributed by atoms with Gasteiger partial charge in [0.15, 0.2) is 0 Å². The Labute approximate surface area is 95.0 Å².